The topological polar surface area (TPSA) is 98.3 Å². The van der Waals surface area contributed by atoms with Crippen molar-refractivity contribution in [1.82, 2.24) is 19.8 Å². The molecule has 0 amide bonds. The number of nitrogens with one attached hydrogen (secondary N) is 2. The number of aromatic nitrogens is 2. The number of aromatic amines is 1. The molecule has 1 rings (SSSR count). The molecule has 1 aromatic rings. The summed E-state index contributed by atoms with van der Waals surface area (Å²) in [6.07, 6.45) is 0. The van der Waals surface area contributed by atoms with Crippen LogP contribution in [-0.4, -0.2) is 55.3 Å². The molecule has 0 fully saturated rings. The molecule has 0 aliphatic heterocycles. The maximum Gasteiger partial charge on any atom is 0.244 e. The maximum absolute atomic E-state index is 12.1. The number of aliphatic hydroxyl groups excluding tert-OH is 1. The smallest absolute Gasteiger partial charge is 0.244 e. The average Bonchev–Trinajstić information content (AvgIpc) is 2.67. The molecule has 8 heteroatoms. The summed E-state index contributed by atoms with van der Waals surface area (Å²) in [5, 5.41) is 15.4. The van der Waals surface area contributed by atoms with Gasteiger partial charge in [0.25, 0.3) is 0 Å². The van der Waals surface area contributed by atoms with Gasteiger partial charge in [-0.15, -0.1) is 0 Å². The minimum absolute atomic E-state index is 0.0379. The Hall–Kier alpha value is -0.960. The first-order chi connectivity index (χ1) is 8.29. The molecule has 0 aliphatic carbocycles. The van der Waals surface area contributed by atoms with Crippen molar-refractivity contribution >= 4 is 10.0 Å². The average molecular weight is 276 g/mol. The van der Waals surface area contributed by atoms with Crippen molar-refractivity contribution in [3.63, 3.8) is 0 Å². The molecule has 1 atom stereocenters. The van der Waals surface area contributed by atoms with E-state index in [-0.39, 0.29) is 16.6 Å². The summed E-state index contributed by atoms with van der Waals surface area (Å²) in [6, 6.07) is 0.0737. The number of hydrogen-bond donors (Lipinski definition) is 3. The van der Waals surface area contributed by atoms with E-state index in [1.54, 1.807) is 6.92 Å². The van der Waals surface area contributed by atoms with Crippen LogP contribution in [0.15, 0.2) is 4.90 Å². The molecular formula is C10H20N4O3S. The Morgan fingerprint density at radius 1 is 1.50 bits per heavy atom. The second kappa shape index (κ2) is 5.79. The lowest BCUT2D eigenvalue weighted by atomic mass is 10.3. The molecule has 7 nitrogen and oxygen atoms in total. The fourth-order valence-electron chi connectivity index (χ4n) is 1.42. The molecule has 0 spiro atoms. The molecule has 0 aromatic carbocycles. The molecule has 0 saturated carbocycles. The van der Waals surface area contributed by atoms with Crippen LogP contribution in [0.2, 0.25) is 0 Å². The first-order valence-corrected chi connectivity index (χ1v) is 7.08. The van der Waals surface area contributed by atoms with E-state index in [0.29, 0.717) is 12.2 Å². The van der Waals surface area contributed by atoms with Crippen LogP contribution >= 0.6 is 0 Å². The third-order valence-electron chi connectivity index (χ3n) is 2.83. The Labute approximate surface area is 107 Å². The summed E-state index contributed by atoms with van der Waals surface area (Å²) in [4.78, 5) is 1.95. The van der Waals surface area contributed by atoms with Crippen LogP contribution in [0.4, 0.5) is 0 Å². The van der Waals surface area contributed by atoms with Crippen LogP contribution in [0.3, 0.4) is 0 Å². The van der Waals surface area contributed by atoms with Gasteiger partial charge in [0, 0.05) is 12.6 Å². The van der Waals surface area contributed by atoms with Gasteiger partial charge >= 0.3 is 0 Å². The maximum atomic E-state index is 12.1. The van der Waals surface area contributed by atoms with Crippen LogP contribution in [-0.2, 0) is 16.6 Å². The third kappa shape index (κ3) is 3.29. The lowest BCUT2D eigenvalue weighted by molar-refractivity contribution is 0.273. The van der Waals surface area contributed by atoms with E-state index >= 15 is 0 Å². The van der Waals surface area contributed by atoms with Gasteiger partial charge in [0.15, 0.2) is 0 Å². The highest BCUT2D eigenvalue weighted by Crippen LogP contribution is 2.17. The Bertz CT molecular complexity index is 495. The lowest BCUT2D eigenvalue weighted by Gasteiger charge is -2.20. The van der Waals surface area contributed by atoms with Gasteiger partial charge in [0.1, 0.15) is 10.6 Å². The zero-order chi connectivity index (χ0) is 13.9. The molecule has 3 N–H and O–H groups in total. The fourth-order valence-corrected chi connectivity index (χ4v) is 2.89. The van der Waals surface area contributed by atoms with Crippen molar-refractivity contribution < 1.29 is 13.5 Å². The quantitative estimate of drug-likeness (QED) is 0.647. The summed E-state index contributed by atoms with van der Waals surface area (Å²) < 4.78 is 26.8. The number of likely N-dealkylation sites (N-methyl/N-ethyl adjacent to an activating group) is 1. The van der Waals surface area contributed by atoms with Crippen LogP contribution in [0, 0.1) is 6.92 Å². The highest BCUT2D eigenvalue weighted by molar-refractivity contribution is 7.89. The van der Waals surface area contributed by atoms with E-state index in [1.165, 1.54) is 0 Å². The van der Waals surface area contributed by atoms with Gasteiger partial charge in [-0.3, -0.25) is 5.10 Å². The predicted molar refractivity (Wildman–Crippen MR) is 67.6 cm³/mol. The predicted octanol–water partition coefficient (Wildman–Crippen LogP) is -0.561. The van der Waals surface area contributed by atoms with E-state index in [1.807, 2.05) is 25.9 Å². The van der Waals surface area contributed by atoms with Crippen molar-refractivity contribution in [2.75, 3.05) is 20.6 Å². The molecule has 0 bridgehead atoms. The summed E-state index contributed by atoms with van der Waals surface area (Å²) in [7, 11) is 0.103. The standard InChI is InChI=1S/C10H20N4O3S/c1-7(14(3)4)5-11-18(16,17)10-8(2)12-13-9(10)6-15/h7,11,15H,5-6H2,1-4H3,(H,12,13). The third-order valence-corrected chi connectivity index (χ3v) is 4.46. The Morgan fingerprint density at radius 2 is 2.11 bits per heavy atom. The second-order valence-corrected chi connectivity index (χ2v) is 6.15. The van der Waals surface area contributed by atoms with Gasteiger partial charge in [0.2, 0.25) is 10.0 Å². The number of sulfonamides is 1. The van der Waals surface area contributed by atoms with Gasteiger partial charge in [-0.1, -0.05) is 0 Å². The minimum Gasteiger partial charge on any atom is -0.390 e. The van der Waals surface area contributed by atoms with Crippen molar-refractivity contribution in [3.8, 4) is 0 Å². The Kier molecular flexibility index (Phi) is 4.85. The lowest BCUT2D eigenvalue weighted by Crippen LogP contribution is -2.38. The molecule has 104 valence electrons. The zero-order valence-corrected chi connectivity index (χ0v) is 11.9. The van der Waals surface area contributed by atoms with Crippen LogP contribution in [0.25, 0.3) is 0 Å². The van der Waals surface area contributed by atoms with Crippen LogP contribution in [0.1, 0.15) is 18.3 Å². The summed E-state index contributed by atoms with van der Waals surface area (Å²) in [5.41, 5.74) is 0.557. The number of nitrogens with zero attached hydrogens (tertiary/aromatic N) is 2. The normalized spacial score (nSPS) is 14.1. The zero-order valence-electron chi connectivity index (χ0n) is 11.1. The van der Waals surface area contributed by atoms with E-state index < -0.39 is 16.6 Å². The van der Waals surface area contributed by atoms with Crippen LogP contribution in [0.5, 0.6) is 0 Å². The molecule has 0 aliphatic rings. The van der Waals surface area contributed by atoms with Gasteiger partial charge < -0.3 is 10.0 Å². The monoisotopic (exact) mass is 276 g/mol. The molecule has 1 heterocycles. The van der Waals surface area contributed by atoms with E-state index in [0.717, 1.165) is 0 Å². The van der Waals surface area contributed by atoms with Gasteiger partial charge in [-0.2, -0.15) is 5.10 Å². The first kappa shape index (κ1) is 15.1. The number of aliphatic hydroxyl groups is 1. The van der Waals surface area contributed by atoms with Crippen molar-refractivity contribution in [2.45, 2.75) is 31.4 Å². The van der Waals surface area contributed by atoms with Crippen molar-refractivity contribution in [1.29, 1.82) is 0 Å². The van der Waals surface area contributed by atoms with E-state index in [2.05, 4.69) is 14.9 Å². The summed E-state index contributed by atoms with van der Waals surface area (Å²) in [6.45, 7) is 3.41. The fraction of sp³-hybridized carbons (Fsp3) is 0.700. The molecular weight excluding hydrogens is 256 g/mol. The first-order valence-electron chi connectivity index (χ1n) is 5.60. The van der Waals surface area contributed by atoms with Crippen molar-refractivity contribution in [2.24, 2.45) is 0 Å². The molecule has 0 radical (unpaired) electrons. The molecule has 18 heavy (non-hydrogen) atoms. The molecule has 1 unspecified atom stereocenters. The van der Waals surface area contributed by atoms with Gasteiger partial charge in [-0.05, 0) is 27.9 Å². The Balaban J connectivity index is 2.90. The van der Waals surface area contributed by atoms with Crippen LogP contribution < -0.4 is 4.72 Å². The number of H-pyrrole nitrogens is 1. The minimum atomic E-state index is -3.65. The highest BCUT2D eigenvalue weighted by Gasteiger charge is 2.24. The SMILES string of the molecule is Cc1[nH]nc(CO)c1S(=O)(=O)NCC(C)N(C)C. The number of aryl methyl sites for hydroxylation is 1. The van der Waals surface area contributed by atoms with Gasteiger partial charge in [-0.25, -0.2) is 13.1 Å². The number of hydrogen-bond acceptors (Lipinski definition) is 5. The van der Waals surface area contributed by atoms with Gasteiger partial charge in [0.05, 0.1) is 12.3 Å². The second-order valence-electron chi connectivity index (χ2n) is 4.45. The Morgan fingerprint density at radius 3 is 2.61 bits per heavy atom. The summed E-state index contributed by atoms with van der Waals surface area (Å²) in [5.74, 6) is 0. The highest BCUT2D eigenvalue weighted by atomic mass is 32.2. The number of rotatable bonds is 6. The molecule has 0 saturated heterocycles. The largest absolute Gasteiger partial charge is 0.390 e. The van der Waals surface area contributed by atoms with Crippen molar-refractivity contribution in [3.05, 3.63) is 11.4 Å². The molecule has 1 aromatic heterocycles. The van der Waals surface area contributed by atoms with E-state index in [9.17, 15) is 8.42 Å². The summed E-state index contributed by atoms with van der Waals surface area (Å²) >= 11 is 0. The van der Waals surface area contributed by atoms with E-state index in [4.69, 9.17) is 5.11 Å².